The highest BCUT2D eigenvalue weighted by Crippen LogP contribution is 2.33. The normalized spacial score (nSPS) is 9.75. The van der Waals surface area contributed by atoms with E-state index in [4.69, 9.17) is 20.8 Å². The fraction of sp³-hybridized carbons (Fsp3) is 0. The molecule has 0 saturated carbocycles. The van der Waals surface area contributed by atoms with E-state index < -0.39 is 11.9 Å². The maximum Gasteiger partial charge on any atom is 0.262 e. The first-order valence-corrected chi connectivity index (χ1v) is 5.50. The van der Waals surface area contributed by atoms with Gasteiger partial charge in [0.05, 0.1) is 29.0 Å². The Morgan fingerprint density at radius 1 is 1.45 bits per heavy atom. The van der Waals surface area contributed by atoms with Crippen molar-refractivity contribution >= 4 is 11.9 Å². The Morgan fingerprint density at radius 2 is 2.20 bits per heavy atom. The molecule has 0 unspecified atom stereocenters. The summed E-state index contributed by atoms with van der Waals surface area (Å²) >= 11 is 0. The van der Waals surface area contributed by atoms with Gasteiger partial charge in [0.1, 0.15) is 11.5 Å². The molecule has 0 atom stereocenters. The van der Waals surface area contributed by atoms with E-state index >= 15 is 0 Å². The van der Waals surface area contributed by atoms with Crippen LogP contribution >= 0.6 is 0 Å². The van der Waals surface area contributed by atoms with Gasteiger partial charge in [-0.1, -0.05) is 0 Å². The van der Waals surface area contributed by atoms with Crippen molar-refractivity contribution in [3.8, 4) is 23.1 Å². The van der Waals surface area contributed by atoms with E-state index in [2.05, 4.69) is 5.32 Å². The molecule has 0 bridgehead atoms. The summed E-state index contributed by atoms with van der Waals surface area (Å²) in [5, 5.41) is 28.1. The quantitative estimate of drug-likeness (QED) is 0.479. The summed E-state index contributed by atoms with van der Waals surface area (Å²) in [6.45, 7) is 0. The molecule has 100 valence electrons. The number of nitriles is 1. The molecular formula is C13H10N4O3. The van der Waals surface area contributed by atoms with Crippen LogP contribution in [0.2, 0.25) is 0 Å². The van der Waals surface area contributed by atoms with E-state index in [0.717, 1.165) is 0 Å². The van der Waals surface area contributed by atoms with Crippen LogP contribution in [0, 0.1) is 16.7 Å². The molecule has 0 fully saturated rings. The maximum atomic E-state index is 12.0. The highest BCUT2D eigenvalue weighted by atomic mass is 16.3. The lowest BCUT2D eigenvalue weighted by Gasteiger charge is -2.11. The SMILES string of the molecule is N#Cc1ccc(O)c(C(=O)NC(=N)N)c1-c1ccco1. The fourth-order valence-corrected chi connectivity index (χ4v) is 1.78. The minimum atomic E-state index is -0.793. The van der Waals surface area contributed by atoms with Crippen molar-refractivity contribution in [3.05, 3.63) is 41.7 Å². The van der Waals surface area contributed by atoms with Gasteiger partial charge in [0.15, 0.2) is 5.96 Å². The highest BCUT2D eigenvalue weighted by molar-refractivity contribution is 6.10. The molecule has 0 spiro atoms. The summed E-state index contributed by atoms with van der Waals surface area (Å²) in [4.78, 5) is 12.0. The number of nitrogens with two attached hydrogens (primary N) is 1. The Labute approximate surface area is 113 Å². The van der Waals surface area contributed by atoms with E-state index in [9.17, 15) is 9.90 Å². The summed E-state index contributed by atoms with van der Waals surface area (Å²) in [6.07, 6.45) is 1.38. The second kappa shape index (κ2) is 5.16. The van der Waals surface area contributed by atoms with Crippen molar-refractivity contribution < 1.29 is 14.3 Å². The van der Waals surface area contributed by atoms with Crippen molar-refractivity contribution in [3.63, 3.8) is 0 Å². The van der Waals surface area contributed by atoms with Crippen LogP contribution in [0.5, 0.6) is 5.75 Å². The molecule has 1 aromatic heterocycles. The lowest BCUT2D eigenvalue weighted by atomic mass is 9.98. The number of phenolic OH excluding ortho intramolecular Hbond substituents is 1. The summed E-state index contributed by atoms with van der Waals surface area (Å²) in [7, 11) is 0. The molecule has 0 aliphatic rings. The van der Waals surface area contributed by atoms with Gasteiger partial charge >= 0.3 is 0 Å². The second-order valence-corrected chi connectivity index (χ2v) is 3.84. The Kier molecular flexibility index (Phi) is 3.39. The molecule has 5 N–H and O–H groups in total. The molecule has 2 rings (SSSR count). The van der Waals surface area contributed by atoms with Gasteiger partial charge in [-0.3, -0.25) is 15.5 Å². The van der Waals surface area contributed by atoms with Gasteiger partial charge in [-0.25, -0.2) is 0 Å². The molecule has 1 aromatic carbocycles. The Bertz CT molecular complexity index is 714. The molecule has 0 aliphatic heterocycles. The van der Waals surface area contributed by atoms with Gasteiger partial charge in [-0.2, -0.15) is 5.26 Å². The molecule has 0 radical (unpaired) electrons. The lowest BCUT2D eigenvalue weighted by molar-refractivity contribution is 0.0974. The number of hydrogen-bond donors (Lipinski definition) is 4. The number of hydrogen-bond acceptors (Lipinski definition) is 5. The third-order valence-electron chi connectivity index (χ3n) is 2.55. The topological polar surface area (TPSA) is 136 Å². The molecule has 7 heteroatoms. The number of carbonyl (C=O) groups is 1. The molecule has 1 heterocycles. The number of aromatic hydroxyl groups is 1. The number of nitrogens with zero attached hydrogens (tertiary/aromatic N) is 1. The molecule has 0 saturated heterocycles. The number of carbonyl (C=O) groups excluding carboxylic acids is 1. The largest absolute Gasteiger partial charge is 0.507 e. The first-order chi connectivity index (χ1) is 9.54. The molecule has 0 aliphatic carbocycles. The first kappa shape index (κ1) is 13.2. The predicted molar refractivity (Wildman–Crippen MR) is 69.9 cm³/mol. The number of furan rings is 1. The van der Waals surface area contributed by atoms with E-state index in [1.165, 1.54) is 18.4 Å². The zero-order chi connectivity index (χ0) is 14.7. The molecule has 2 aromatic rings. The van der Waals surface area contributed by atoms with Crippen LogP contribution < -0.4 is 11.1 Å². The van der Waals surface area contributed by atoms with Crippen molar-refractivity contribution in [2.45, 2.75) is 0 Å². The van der Waals surface area contributed by atoms with Gasteiger partial charge in [0.25, 0.3) is 5.91 Å². The van der Waals surface area contributed by atoms with Gasteiger partial charge in [0.2, 0.25) is 0 Å². The monoisotopic (exact) mass is 270 g/mol. The summed E-state index contributed by atoms with van der Waals surface area (Å²) in [5.74, 6) is -1.44. The van der Waals surface area contributed by atoms with Crippen molar-refractivity contribution in [2.75, 3.05) is 0 Å². The van der Waals surface area contributed by atoms with Crippen LogP contribution in [0.4, 0.5) is 0 Å². The van der Waals surface area contributed by atoms with Crippen molar-refractivity contribution in [2.24, 2.45) is 5.73 Å². The van der Waals surface area contributed by atoms with E-state index in [-0.39, 0.29) is 28.2 Å². The molecule has 20 heavy (non-hydrogen) atoms. The standard InChI is InChI=1S/C13H10N4O3/c14-6-7-3-4-8(18)11(12(19)17-13(15)16)10(7)9-2-1-5-20-9/h1-5,18H,(H4,15,16,17,19). The van der Waals surface area contributed by atoms with Crippen LogP contribution in [0.1, 0.15) is 15.9 Å². The van der Waals surface area contributed by atoms with E-state index in [1.54, 1.807) is 12.1 Å². The number of guanidine groups is 1. The van der Waals surface area contributed by atoms with Gasteiger partial charge in [0, 0.05) is 0 Å². The number of phenols is 1. The summed E-state index contributed by atoms with van der Waals surface area (Å²) in [5.41, 5.74) is 5.24. The Balaban J connectivity index is 2.69. The molecular weight excluding hydrogens is 260 g/mol. The Hall–Kier alpha value is -3.27. The zero-order valence-corrected chi connectivity index (χ0v) is 10.2. The minimum absolute atomic E-state index is 0.149. The fourth-order valence-electron chi connectivity index (χ4n) is 1.78. The third-order valence-corrected chi connectivity index (χ3v) is 2.55. The van der Waals surface area contributed by atoms with Crippen LogP contribution in [0.3, 0.4) is 0 Å². The number of benzene rings is 1. The van der Waals surface area contributed by atoms with Crippen LogP contribution in [-0.4, -0.2) is 17.0 Å². The van der Waals surface area contributed by atoms with E-state index in [1.807, 2.05) is 6.07 Å². The minimum Gasteiger partial charge on any atom is -0.507 e. The zero-order valence-electron chi connectivity index (χ0n) is 10.2. The summed E-state index contributed by atoms with van der Waals surface area (Å²) < 4.78 is 5.19. The third kappa shape index (κ3) is 2.30. The second-order valence-electron chi connectivity index (χ2n) is 3.84. The van der Waals surface area contributed by atoms with E-state index in [0.29, 0.717) is 0 Å². The highest BCUT2D eigenvalue weighted by Gasteiger charge is 2.23. The first-order valence-electron chi connectivity index (χ1n) is 5.50. The number of rotatable bonds is 2. The number of nitrogens with one attached hydrogen (secondary N) is 2. The average molecular weight is 270 g/mol. The predicted octanol–water partition coefficient (Wildman–Crippen LogP) is 1.15. The maximum absolute atomic E-state index is 12.0. The van der Waals surface area contributed by atoms with Crippen LogP contribution in [0.25, 0.3) is 11.3 Å². The average Bonchev–Trinajstić information content (AvgIpc) is 2.90. The van der Waals surface area contributed by atoms with Crippen LogP contribution in [0.15, 0.2) is 34.9 Å². The lowest BCUT2D eigenvalue weighted by Crippen LogP contribution is -2.36. The van der Waals surface area contributed by atoms with Gasteiger partial charge in [-0.05, 0) is 24.3 Å². The van der Waals surface area contributed by atoms with Gasteiger partial charge < -0.3 is 15.3 Å². The van der Waals surface area contributed by atoms with Crippen molar-refractivity contribution in [1.29, 1.82) is 10.7 Å². The number of amides is 1. The van der Waals surface area contributed by atoms with Crippen molar-refractivity contribution in [1.82, 2.24) is 5.32 Å². The van der Waals surface area contributed by atoms with Gasteiger partial charge in [-0.15, -0.1) is 0 Å². The molecule has 1 amide bonds. The Morgan fingerprint density at radius 3 is 2.75 bits per heavy atom. The molecule has 7 nitrogen and oxygen atoms in total. The smallest absolute Gasteiger partial charge is 0.262 e. The van der Waals surface area contributed by atoms with Crippen LogP contribution in [-0.2, 0) is 0 Å². The summed E-state index contributed by atoms with van der Waals surface area (Å²) in [6, 6.07) is 7.66.